The third-order valence-corrected chi connectivity index (χ3v) is 5.66. The van der Waals surface area contributed by atoms with Gasteiger partial charge in [-0.1, -0.05) is 0 Å². The number of sulfonamides is 1. The van der Waals surface area contributed by atoms with Crippen LogP contribution in [0.5, 0.6) is 0 Å². The maximum absolute atomic E-state index is 12.8. The number of pyridine rings is 1. The lowest BCUT2D eigenvalue weighted by Crippen LogP contribution is -2.26. The minimum absolute atomic E-state index is 0.0204. The number of imidazole rings is 1. The van der Waals surface area contributed by atoms with Crippen molar-refractivity contribution in [2.24, 2.45) is 0 Å². The van der Waals surface area contributed by atoms with Crippen molar-refractivity contribution in [2.75, 3.05) is 6.54 Å². The molecule has 2 N–H and O–H groups in total. The zero-order valence-electron chi connectivity index (χ0n) is 14.5. The fourth-order valence-electron chi connectivity index (χ4n) is 2.82. The van der Waals surface area contributed by atoms with Crippen LogP contribution in [-0.2, 0) is 22.6 Å². The molecule has 0 aliphatic heterocycles. The molecule has 0 saturated heterocycles. The van der Waals surface area contributed by atoms with E-state index < -0.39 is 27.5 Å². The number of fused-ring (bicyclic) bond motifs is 2. The highest BCUT2D eigenvalue weighted by Gasteiger charge is 2.30. The number of rotatable bonds is 5. The van der Waals surface area contributed by atoms with Crippen molar-refractivity contribution in [3.8, 4) is 0 Å². The number of hydrogen-bond donors (Lipinski definition) is 2. The Morgan fingerprint density at radius 1 is 1.17 bits per heavy atom. The second-order valence-corrected chi connectivity index (χ2v) is 8.00. The summed E-state index contributed by atoms with van der Waals surface area (Å²) in [5.41, 5.74) is 0.430. The first-order valence-electron chi connectivity index (χ1n) is 8.29. The number of aromatic nitrogens is 3. The third kappa shape index (κ3) is 3.89. The SMILES string of the molecule is O=c1[nH]c2ccc(S(=O)(=O)NCCc3cn4cc(C(F)(F)F)ccc4n3)cc2o1. The molecule has 4 aromatic rings. The Balaban J connectivity index is 1.47. The maximum Gasteiger partial charge on any atom is 0.417 e. The second kappa shape index (κ2) is 6.74. The molecular weight excluding hydrogens is 413 g/mol. The van der Waals surface area contributed by atoms with Gasteiger partial charge in [0.05, 0.1) is 21.7 Å². The van der Waals surface area contributed by atoms with Crippen LogP contribution in [0.3, 0.4) is 0 Å². The lowest BCUT2D eigenvalue weighted by atomic mass is 10.3. The molecule has 3 aromatic heterocycles. The average Bonchev–Trinajstić information content (AvgIpc) is 3.20. The summed E-state index contributed by atoms with van der Waals surface area (Å²) < 4.78 is 71.6. The summed E-state index contributed by atoms with van der Waals surface area (Å²) in [6.07, 6.45) is -1.95. The highest BCUT2D eigenvalue weighted by atomic mass is 32.2. The summed E-state index contributed by atoms with van der Waals surface area (Å²) in [6, 6.07) is 6.13. The van der Waals surface area contributed by atoms with E-state index in [0.717, 1.165) is 12.3 Å². The van der Waals surface area contributed by atoms with Crippen molar-refractivity contribution in [1.82, 2.24) is 19.1 Å². The van der Waals surface area contributed by atoms with Crippen LogP contribution >= 0.6 is 0 Å². The number of aromatic amines is 1. The van der Waals surface area contributed by atoms with E-state index in [4.69, 9.17) is 4.42 Å². The molecule has 3 heterocycles. The third-order valence-electron chi connectivity index (χ3n) is 4.20. The van der Waals surface area contributed by atoms with Gasteiger partial charge in [0, 0.05) is 31.4 Å². The van der Waals surface area contributed by atoms with Crippen molar-refractivity contribution in [3.05, 3.63) is 64.5 Å². The summed E-state index contributed by atoms with van der Waals surface area (Å²) >= 11 is 0. The molecule has 0 radical (unpaired) electrons. The number of nitrogens with zero attached hydrogens (tertiary/aromatic N) is 2. The van der Waals surface area contributed by atoms with Gasteiger partial charge in [0.25, 0.3) is 0 Å². The molecule has 152 valence electrons. The van der Waals surface area contributed by atoms with E-state index in [1.165, 1.54) is 34.9 Å². The summed E-state index contributed by atoms with van der Waals surface area (Å²) in [6.45, 7) is -0.0204. The van der Waals surface area contributed by atoms with Crippen LogP contribution in [0.15, 0.2) is 56.8 Å². The maximum atomic E-state index is 12.8. The molecule has 0 atom stereocenters. The normalized spacial score (nSPS) is 12.8. The van der Waals surface area contributed by atoms with Crippen LogP contribution in [0.4, 0.5) is 13.2 Å². The van der Waals surface area contributed by atoms with E-state index in [1.54, 1.807) is 0 Å². The van der Waals surface area contributed by atoms with Crippen LogP contribution in [0.1, 0.15) is 11.3 Å². The standard InChI is InChI=1S/C17H13F3N4O4S/c18-17(19,20)10-1-4-15-22-11(9-24(15)8-10)5-6-21-29(26,27)12-2-3-13-14(7-12)28-16(25)23-13/h1-4,7-9,21H,5-6H2,(H,23,25). The Labute approximate surface area is 161 Å². The first kappa shape index (κ1) is 19.2. The van der Waals surface area contributed by atoms with Crippen molar-refractivity contribution >= 4 is 26.8 Å². The van der Waals surface area contributed by atoms with E-state index in [2.05, 4.69) is 14.7 Å². The summed E-state index contributed by atoms with van der Waals surface area (Å²) in [5.74, 6) is -0.692. The predicted molar refractivity (Wildman–Crippen MR) is 95.9 cm³/mol. The number of alkyl halides is 3. The summed E-state index contributed by atoms with van der Waals surface area (Å²) in [4.78, 5) is 17.7. The van der Waals surface area contributed by atoms with Gasteiger partial charge in [-0.2, -0.15) is 13.2 Å². The van der Waals surface area contributed by atoms with Crippen LogP contribution in [0.2, 0.25) is 0 Å². The molecule has 0 aliphatic carbocycles. The number of hydrogen-bond acceptors (Lipinski definition) is 5. The van der Waals surface area contributed by atoms with E-state index >= 15 is 0 Å². The van der Waals surface area contributed by atoms with Crippen molar-refractivity contribution < 1.29 is 26.0 Å². The Kier molecular flexibility index (Phi) is 4.46. The Morgan fingerprint density at radius 3 is 2.72 bits per heavy atom. The van der Waals surface area contributed by atoms with Crippen molar-refractivity contribution in [2.45, 2.75) is 17.5 Å². The monoisotopic (exact) mass is 426 g/mol. The molecule has 29 heavy (non-hydrogen) atoms. The predicted octanol–water partition coefficient (Wildman–Crippen LogP) is 2.31. The van der Waals surface area contributed by atoms with Gasteiger partial charge in [0.15, 0.2) is 5.58 Å². The molecule has 8 nitrogen and oxygen atoms in total. The number of H-pyrrole nitrogens is 1. The topological polar surface area (TPSA) is 109 Å². The molecule has 0 spiro atoms. The van der Waals surface area contributed by atoms with E-state index in [0.29, 0.717) is 16.9 Å². The van der Waals surface area contributed by atoms with Gasteiger partial charge in [0.2, 0.25) is 10.0 Å². The lowest BCUT2D eigenvalue weighted by molar-refractivity contribution is -0.137. The number of oxazole rings is 1. The van der Waals surface area contributed by atoms with Crippen LogP contribution in [0, 0.1) is 0 Å². The van der Waals surface area contributed by atoms with Crippen LogP contribution in [-0.4, -0.2) is 29.3 Å². The van der Waals surface area contributed by atoms with Gasteiger partial charge in [-0.3, -0.25) is 4.98 Å². The van der Waals surface area contributed by atoms with E-state index in [1.807, 2.05) is 0 Å². The number of nitrogens with one attached hydrogen (secondary N) is 2. The fraction of sp³-hybridized carbons (Fsp3) is 0.176. The second-order valence-electron chi connectivity index (χ2n) is 6.23. The van der Waals surface area contributed by atoms with Gasteiger partial charge in [-0.25, -0.2) is 22.9 Å². The summed E-state index contributed by atoms with van der Waals surface area (Å²) in [7, 11) is -3.88. The molecule has 1 aromatic carbocycles. The fourth-order valence-corrected chi connectivity index (χ4v) is 3.87. The molecule has 0 aliphatic rings. The molecule has 0 unspecified atom stereocenters. The minimum atomic E-state index is -4.46. The van der Waals surface area contributed by atoms with E-state index in [-0.39, 0.29) is 23.4 Å². The first-order chi connectivity index (χ1) is 13.6. The zero-order valence-corrected chi connectivity index (χ0v) is 15.3. The molecular formula is C17H13F3N4O4S. The zero-order chi connectivity index (χ0) is 20.8. The smallest absolute Gasteiger partial charge is 0.408 e. The Morgan fingerprint density at radius 2 is 1.97 bits per heavy atom. The number of halogens is 3. The van der Waals surface area contributed by atoms with Gasteiger partial charge < -0.3 is 8.82 Å². The van der Waals surface area contributed by atoms with Gasteiger partial charge in [0.1, 0.15) is 5.65 Å². The molecule has 0 amide bonds. The average molecular weight is 426 g/mol. The molecule has 0 fully saturated rings. The highest BCUT2D eigenvalue weighted by Crippen LogP contribution is 2.29. The van der Waals surface area contributed by atoms with Gasteiger partial charge in [-0.15, -0.1) is 0 Å². The van der Waals surface area contributed by atoms with Gasteiger partial charge in [-0.05, 0) is 24.3 Å². The van der Waals surface area contributed by atoms with Crippen molar-refractivity contribution in [1.29, 1.82) is 0 Å². The molecule has 4 rings (SSSR count). The van der Waals surface area contributed by atoms with E-state index in [9.17, 15) is 26.4 Å². The molecule has 0 saturated carbocycles. The van der Waals surface area contributed by atoms with Crippen LogP contribution in [0.25, 0.3) is 16.7 Å². The van der Waals surface area contributed by atoms with Crippen molar-refractivity contribution in [3.63, 3.8) is 0 Å². The largest absolute Gasteiger partial charge is 0.417 e. The Bertz CT molecular complexity index is 1370. The quantitative estimate of drug-likeness (QED) is 0.509. The first-order valence-corrected chi connectivity index (χ1v) is 9.77. The highest BCUT2D eigenvalue weighted by molar-refractivity contribution is 7.89. The minimum Gasteiger partial charge on any atom is -0.408 e. The lowest BCUT2D eigenvalue weighted by Gasteiger charge is -2.06. The Hall–Kier alpha value is -3.12. The summed E-state index contributed by atoms with van der Waals surface area (Å²) in [5, 5.41) is 0. The molecule has 0 bridgehead atoms. The number of benzene rings is 1. The molecule has 12 heteroatoms. The van der Waals surface area contributed by atoms with Gasteiger partial charge >= 0.3 is 11.9 Å². The van der Waals surface area contributed by atoms with Crippen LogP contribution < -0.4 is 10.5 Å².